The molecule has 0 amide bonds. The number of carbonyl (C=O) groups is 1. The van der Waals surface area contributed by atoms with Gasteiger partial charge in [0, 0.05) is 19.6 Å². The zero-order chi connectivity index (χ0) is 10.8. The fraction of sp³-hybridized carbons (Fsp3) is 0.900. The molecule has 14 heavy (non-hydrogen) atoms. The molecule has 1 unspecified atom stereocenters. The number of carboxylic acid groups (broad SMARTS) is 1. The molecule has 0 bridgehead atoms. The van der Waals surface area contributed by atoms with E-state index >= 15 is 0 Å². The largest absolute Gasteiger partial charge is 0.481 e. The highest BCUT2D eigenvalue weighted by Gasteiger charge is 2.40. The summed E-state index contributed by atoms with van der Waals surface area (Å²) in [5.74, 6) is -1.11. The highest BCUT2D eigenvalue weighted by atomic mass is 16.4. The molecule has 82 valence electrons. The first-order valence-corrected chi connectivity index (χ1v) is 5.14. The standard InChI is InChI=1S/C10H19NO3/c1-3-4-10(14)6-11(7-10)5-8(2)9(12)13/h8,14H,3-7H2,1-2H3,(H,12,13). The van der Waals surface area contributed by atoms with Crippen LogP contribution in [0.5, 0.6) is 0 Å². The summed E-state index contributed by atoms with van der Waals surface area (Å²) in [7, 11) is 0. The molecule has 0 saturated carbocycles. The monoisotopic (exact) mass is 201 g/mol. The van der Waals surface area contributed by atoms with E-state index in [1.807, 2.05) is 11.8 Å². The summed E-state index contributed by atoms with van der Waals surface area (Å²) < 4.78 is 0. The van der Waals surface area contributed by atoms with Crippen molar-refractivity contribution in [1.29, 1.82) is 0 Å². The molecule has 1 atom stereocenters. The van der Waals surface area contributed by atoms with Crippen molar-refractivity contribution in [1.82, 2.24) is 4.90 Å². The van der Waals surface area contributed by atoms with Crippen LogP contribution in [0.3, 0.4) is 0 Å². The second-order valence-corrected chi connectivity index (χ2v) is 4.38. The van der Waals surface area contributed by atoms with Crippen molar-refractivity contribution in [2.45, 2.75) is 32.3 Å². The fourth-order valence-electron chi connectivity index (χ4n) is 2.00. The Morgan fingerprint density at radius 3 is 2.57 bits per heavy atom. The van der Waals surface area contributed by atoms with Crippen LogP contribution in [0.4, 0.5) is 0 Å². The van der Waals surface area contributed by atoms with Crippen LogP contribution in [-0.2, 0) is 4.79 Å². The third-order valence-corrected chi connectivity index (χ3v) is 2.70. The van der Waals surface area contributed by atoms with Crippen molar-refractivity contribution in [2.75, 3.05) is 19.6 Å². The average Bonchev–Trinajstić information content (AvgIpc) is 2.01. The molecule has 0 aromatic rings. The van der Waals surface area contributed by atoms with Crippen LogP contribution in [0.25, 0.3) is 0 Å². The van der Waals surface area contributed by atoms with Crippen LogP contribution in [-0.4, -0.2) is 46.3 Å². The van der Waals surface area contributed by atoms with Gasteiger partial charge in [-0.1, -0.05) is 20.3 Å². The van der Waals surface area contributed by atoms with Crippen molar-refractivity contribution in [3.63, 3.8) is 0 Å². The Morgan fingerprint density at radius 2 is 2.14 bits per heavy atom. The van der Waals surface area contributed by atoms with Gasteiger partial charge in [0.1, 0.15) is 0 Å². The number of aliphatic carboxylic acids is 1. The molecule has 0 radical (unpaired) electrons. The number of likely N-dealkylation sites (tertiary alicyclic amines) is 1. The third-order valence-electron chi connectivity index (χ3n) is 2.70. The third kappa shape index (κ3) is 2.69. The minimum Gasteiger partial charge on any atom is -0.481 e. The lowest BCUT2D eigenvalue weighted by Gasteiger charge is -2.47. The van der Waals surface area contributed by atoms with Gasteiger partial charge in [0.25, 0.3) is 0 Å². The summed E-state index contributed by atoms with van der Waals surface area (Å²) in [6.07, 6.45) is 1.78. The van der Waals surface area contributed by atoms with E-state index < -0.39 is 11.6 Å². The fourth-order valence-corrected chi connectivity index (χ4v) is 2.00. The smallest absolute Gasteiger partial charge is 0.307 e. The number of carboxylic acids is 1. The summed E-state index contributed by atoms with van der Waals surface area (Å²) in [6.45, 7) is 5.53. The molecule has 1 aliphatic heterocycles. The van der Waals surface area contributed by atoms with Gasteiger partial charge in [-0.3, -0.25) is 9.69 Å². The van der Waals surface area contributed by atoms with Gasteiger partial charge in [-0.25, -0.2) is 0 Å². The van der Waals surface area contributed by atoms with Crippen LogP contribution < -0.4 is 0 Å². The molecule has 1 heterocycles. The van der Waals surface area contributed by atoms with Crippen molar-refractivity contribution >= 4 is 5.97 Å². The average molecular weight is 201 g/mol. The minimum absolute atomic E-state index is 0.346. The number of hydrogen-bond donors (Lipinski definition) is 2. The Morgan fingerprint density at radius 1 is 1.57 bits per heavy atom. The van der Waals surface area contributed by atoms with Crippen LogP contribution >= 0.6 is 0 Å². The maximum atomic E-state index is 10.6. The van der Waals surface area contributed by atoms with Crippen molar-refractivity contribution in [3.8, 4) is 0 Å². The van der Waals surface area contributed by atoms with Crippen LogP contribution in [0.1, 0.15) is 26.7 Å². The number of rotatable bonds is 5. The Balaban J connectivity index is 2.24. The van der Waals surface area contributed by atoms with Gasteiger partial charge in [0.2, 0.25) is 0 Å². The molecule has 0 aliphatic carbocycles. The first kappa shape index (κ1) is 11.5. The first-order valence-electron chi connectivity index (χ1n) is 5.14. The van der Waals surface area contributed by atoms with Gasteiger partial charge in [0.05, 0.1) is 11.5 Å². The second-order valence-electron chi connectivity index (χ2n) is 4.38. The Kier molecular flexibility index (Phi) is 3.50. The molecule has 1 saturated heterocycles. The predicted octanol–water partition coefficient (Wildman–Crippen LogP) is 0.554. The molecular weight excluding hydrogens is 182 g/mol. The van der Waals surface area contributed by atoms with E-state index in [0.717, 1.165) is 12.8 Å². The summed E-state index contributed by atoms with van der Waals surface area (Å²) >= 11 is 0. The zero-order valence-corrected chi connectivity index (χ0v) is 8.86. The van der Waals surface area contributed by atoms with Crippen molar-refractivity contribution < 1.29 is 15.0 Å². The van der Waals surface area contributed by atoms with Crippen molar-refractivity contribution in [2.24, 2.45) is 5.92 Å². The van der Waals surface area contributed by atoms with Gasteiger partial charge < -0.3 is 10.2 Å². The van der Waals surface area contributed by atoms with Gasteiger partial charge >= 0.3 is 5.97 Å². The number of β-amino-alcohol motifs (C(OH)–C–C–N with tert-alkyl or cyclic N) is 1. The highest BCUT2D eigenvalue weighted by molar-refractivity contribution is 5.69. The van der Waals surface area contributed by atoms with Gasteiger partial charge in [-0.05, 0) is 6.42 Å². The van der Waals surface area contributed by atoms with E-state index in [9.17, 15) is 9.90 Å². The summed E-state index contributed by atoms with van der Waals surface area (Å²) in [4.78, 5) is 12.6. The topological polar surface area (TPSA) is 60.8 Å². The molecule has 4 nitrogen and oxygen atoms in total. The summed E-state index contributed by atoms with van der Waals surface area (Å²) in [5, 5.41) is 18.5. The predicted molar refractivity (Wildman–Crippen MR) is 53.1 cm³/mol. The Hall–Kier alpha value is -0.610. The van der Waals surface area contributed by atoms with Crippen LogP contribution in [0, 0.1) is 5.92 Å². The van der Waals surface area contributed by atoms with E-state index in [4.69, 9.17) is 5.11 Å². The maximum Gasteiger partial charge on any atom is 0.307 e. The van der Waals surface area contributed by atoms with E-state index in [-0.39, 0.29) is 5.92 Å². The number of hydrogen-bond acceptors (Lipinski definition) is 3. The molecule has 2 N–H and O–H groups in total. The normalized spacial score (nSPS) is 22.8. The van der Waals surface area contributed by atoms with E-state index in [1.54, 1.807) is 6.92 Å². The van der Waals surface area contributed by atoms with Gasteiger partial charge in [0.15, 0.2) is 0 Å². The Bertz CT molecular complexity index is 211. The lowest BCUT2D eigenvalue weighted by molar-refractivity contribution is -0.146. The van der Waals surface area contributed by atoms with E-state index in [2.05, 4.69) is 0 Å². The molecule has 0 spiro atoms. The zero-order valence-electron chi connectivity index (χ0n) is 8.86. The first-order chi connectivity index (χ1) is 6.47. The second kappa shape index (κ2) is 4.28. The Labute approximate surface area is 84.5 Å². The molecule has 1 rings (SSSR count). The molecule has 1 aliphatic rings. The van der Waals surface area contributed by atoms with Gasteiger partial charge in [-0.2, -0.15) is 0 Å². The van der Waals surface area contributed by atoms with Crippen LogP contribution in [0.15, 0.2) is 0 Å². The van der Waals surface area contributed by atoms with Crippen LogP contribution in [0.2, 0.25) is 0 Å². The van der Waals surface area contributed by atoms with E-state index in [0.29, 0.717) is 19.6 Å². The highest BCUT2D eigenvalue weighted by Crippen LogP contribution is 2.26. The van der Waals surface area contributed by atoms with E-state index in [1.165, 1.54) is 0 Å². The molecule has 4 heteroatoms. The summed E-state index contributed by atoms with van der Waals surface area (Å²) in [6, 6.07) is 0. The lowest BCUT2D eigenvalue weighted by atomic mass is 9.88. The number of nitrogens with zero attached hydrogens (tertiary/aromatic N) is 1. The van der Waals surface area contributed by atoms with Crippen molar-refractivity contribution in [3.05, 3.63) is 0 Å². The molecule has 0 aromatic heterocycles. The SMILES string of the molecule is CCCC1(O)CN(CC(C)C(=O)O)C1. The number of aliphatic hydroxyl groups is 1. The molecule has 1 fully saturated rings. The molecule has 0 aromatic carbocycles. The maximum absolute atomic E-state index is 10.6. The lowest BCUT2D eigenvalue weighted by Crippen LogP contribution is -2.62. The molecular formula is C10H19NO3. The van der Waals surface area contributed by atoms with Gasteiger partial charge in [-0.15, -0.1) is 0 Å². The minimum atomic E-state index is -0.768. The summed E-state index contributed by atoms with van der Waals surface area (Å²) in [5.41, 5.74) is -0.549. The quantitative estimate of drug-likeness (QED) is 0.682.